The predicted octanol–water partition coefficient (Wildman–Crippen LogP) is 1.29. The Kier molecular flexibility index (Phi) is 4.00. The van der Waals surface area contributed by atoms with Gasteiger partial charge in [0, 0.05) is 7.05 Å². The zero-order valence-corrected chi connectivity index (χ0v) is 12.9. The highest BCUT2D eigenvalue weighted by Crippen LogP contribution is 2.16. The number of carbonyl (C=O) groups excluding carboxylic acids is 1. The molecule has 0 fully saturated rings. The molecule has 0 atom stereocenters. The predicted molar refractivity (Wildman–Crippen MR) is 82.6 cm³/mol. The molecule has 0 aromatic carbocycles. The molecule has 0 spiro atoms. The second-order valence-corrected chi connectivity index (χ2v) is 5.02. The highest BCUT2D eigenvalue weighted by molar-refractivity contribution is 6.02. The van der Waals surface area contributed by atoms with E-state index < -0.39 is 10.8 Å². The van der Waals surface area contributed by atoms with E-state index in [1.54, 1.807) is 13.1 Å². The maximum atomic E-state index is 12.2. The Hall–Kier alpha value is -3.94. The van der Waals surface area contributed by atoms with Crippen LogP contribution in [-0.2, 0) is 13.6 Å². The van der Waals surface area contributed by atoms with E-state index in [9.17, 15) is 14.9 Å². The van der Waals surface area contributed by atoms with Crippen LogP contribution in [0.4, 0.5) is 11.5 Å². The van der Waals surface area contributed by atoms with E-state index in [0.717, 1.165) is 6.20 Å². The van der Waals surface area contributed by atoms with E-state index in [1.165, 1.54) is 27.8 Å². The molecule has 0 aliphatic rings. The molecule has 0 saturated carbocycles. The van der Waals surface area contributed by atoms with Crippen LogP contribution in [0.3, 0.4) is 0 Å². The fraction of sp³-hybridized carbons (Fsp3) is 0.143. The van der Waals surface area contributed by atoms with Crippen molar-refractivity contribution >= 4 is 17.4 Å². The van der Waals surface area contributed by atoms with Crippen LogP contribution < -0.4 is 5.32 Å². The third-order valence-corrected chi connectivity index (χ3v) is 3.32. The number of hydrogen-bond acceptors (Lipinski definition) is 7. The van der Waals surface area contributed by atoms with Crippen molar-refractivity contribution in [3.63, 3.8) is 0 Å². The SMILES string of the molecule is Cn1ncc(C#N)c1NC(=O)c1ccc(Cn2cc([N+](=O)[O-])cn2)o1. The lowest BCUT2D eigenvalue weighted by molar-refractivity contribution is -0.385. The highest BCUT2D eigenvalue weighted by atomic mass is 16.6. The lowest BCUT2D eigenvalue weighted by Crippen LogP contribution is -2.14. The van der Waals surface area contributed by atoms with Crippen molar-refractivity contribution in [1.82, 2.24) is 19.6 Å². The number of aromatic nitrogens is 4. The number of nitro groups is 1. The lowest BCUT2D eigenvalue weighted by atomic mass is 10.3. The molecule has 25 heavy (non-hydrogen) atoms. The number of anilines is 1. The second-order valence-electron chi connectivity index (χ2n) is 5.02. The van der Waals surface area contributed by atoms with Crippen LogP contribution in [0.2, 0.25) is 0 Å². The maximum absolute atomic E-state index is 12.2. The van der Waals surface area contributed by atoms with Crippen LogP contribution in [0.1, 0.15) is 21.9 Å². The minimum Gasteiger partial charge on any atom is -0.454 e. The van der Waals surface area contributed by atoms with Crippen LogP contribution in [0.5, 0.6) is 0 Å². The molecule has 0 bridgehead atoms. The number of rotatable bonds is 5. The number of nitrogens with one attached hydrogen (secondary N) is 1. The van der Waals surface area contributed by atoms with E-state index in [-0.39, 0.29) is 29.4 Å². The molecule has 11 heteroatoms. The molecule has 126 valence electrons. The van der Waals surface area contributed by atoms with Gasteiger partial charge < -0.3 is 9.73 Å². The minimum atomic E-state index is -0.550. The Morgan fingerprint density at radius 3 is 2.92 bits per heavy atom. The van der Waals surface area contributed by atoms with E-state index in [0.29, 0.717) is 5.76 Å². The largest absolute Gasteiger partial charge is 0.454 e. The first-order valence-corrected chi connectivity index (χ1v) is 6.97. The molecule has 3 heterocycles. The Labute approximate surface area is 140 Å². The number of nitrogens with zero attached hydrogens (tertiary/aromatic N) is 6. The summed E-state index contributed by atoms with van der Waals surface area (Å²) in [7, 11) is 1.59. The molecule has 11 nitrogen and oxygen atoms in total. The van der Waals surface area contributed by atoms with Crippen molar-refractivity contribution in [3.8, 4) is 6.07 Å². The molecular weight excluding hydrogens is 330 g/mol. The summed E-state index contributed by atoms with van der Waals surface area (Å²) in [5, 5.41) is 29.9. The van der Waals surface area contributed by atoms with Crippen LogP contribution in [0.15, 0.2) is 35.1 Å². The van der Waals surface area contributed by atoms with Crippen molar-refractivity contribution in [2.45, 2.75) is 6.54 Å². The molecule has 3 rings (SSSR count). The number of amides is 1. The van der Waals surface area contributed by atoms with Gasteiger partial charge in [-0.05, 0) is 12.1 Å². The third-order valence-electron chi connectivity index (χ3n) is 3.32. The first kappa shape index (κ1) is 15.9. The third kappa shape index (κ3) is 3.22. The number of aryl methyl sites for hydroxylation is 1. The Balaban J connectivity index is 1.72. The van der Waals surface area contributed by atoms with Gasteiger partial charge >= 0.3 is 5.69 Å². The van der Waals surface area contributed by atoms with Crippen LogP contribution >= 0.6 is 0 Å². The van der Waals surface area contributed by atoms with Crippen molar-refractivity contribution in [2.24, 2.45) is 7.05 Å². The molecule has 3 aromatic rings. The van der Waals surface area contributed by atoms with Gasteiger partial charge in [0.25, 0.3) is 5.91 Å². The standard InChI is InChI=1S/C14H11N7O4/c1-19-13(9(4-15)5-16-19)18-14(22)12-3-2-11(25-12)8-20-7-10(6-17-20)21(23)24/h2-3,5-7H,8H2,1H3,(H,18,22). The molecule has 0 aliphatic carbocycles. The summed E-state index contributed by atoms with van der Waals surface area (Å²) in [4.78, 5) is 22.3. The number of furan rings is 1. The van der Waals surface area contributed by atoms with Gasteiger partial charge in [-0.3, -0.25) is 24.3 Å². The minimum absolute atomic E-state index is 0.0294. The summed E-state index contributed by atoms with van der Waals surface area (Å²) >= 11 is 0. The van der Waals surface area contributed by atoms with Crippen LogP contribution in [-0.4, -0.2) is 30.4 Å². The van der Waals surface area contributed by atoms with Gasteiger partial charge in [0.1, 0.15) is 35.6 Å². The molecule has 3 aromatic heterocycles. The van der Waals surface area contributed by atoms with Gasteiger partial charge in [0.2, 0.25) is 0 Å². The zero-order chi connectivity index (χ0) is 18.0. The van der Waals surface area contributed by atoms with Gasteiger partial charge in [-0.15, -0.1) is 0 Å². The number of carbonyl (C=O) groups is 1. The van der Waals surface area contributed by atoms with Gasteiger partial charge in [-0.1, -0.05) is 0 Å². The monoisotopic (exact) mass is 341 g/mol. The van der Waals surface area contributed by atoms with Crippen molar-refractivity contribution < 1.29 is 14.1 Å². The van der Waals surface area contributed by atoms with Gasteiger partial charge in [0.15, 0.2) is 5.76 Å². The Morgan fingerprint density at radius 2 is 2.24 bits per heavy atom. The van der Waals surface area contributed by atoms with Gasteiger partial charge in [-0.25, -0.2) is 0 Å². The Bertz CT molecular complexity index is 991. The first-order chi connectivity index (χ1) is 12.0. The molecule has 1 N–H and O–H groups in total. The summed E-state index contributed by atoms with van der Waals surface area (Å²) < 4.78 is 8.12. The summed E-state index contributed by atoms with van der Waals surface area (Å²) in [5.41, 5.74) is 0.0937. The molecular formula is C14H11N7O4. The van der Waals surface area contributed by atoms with Crippen LogP contribution in [0, 0.1) is 21.4 Å². The zero-order valence-electron chi connectivity index (χ0n) is 12.9. The number of nitriles is 1. The Morgan fingerprint density at radius 1 is 1.44 bits per heavy atom. The fourth-order valence-electron chi connectivity index (χ4n) is 2.11. The molecule has 0 aliphatic heterocycles. The maximum Gasteiger partial charge on any atom is 0.307 e. The average Bonchev–Trinajstić information content (AvgIpc) is 3.29. The molecule has 0 saturated heterocycles. The smallest absolute Gasteiger partial charge is 0.307 e. The van der Waals surface area contributed by atoms with Gasteiger partial charge in [-0.2, -0.15) is 15.5 Å². The lowest BCUT2D eigenvalue weighted by Gasteiger charge is -2.04. The molecule has 0 radical (unpaired) electrons. The van der Waals surface area contributed by atoms with E-state index >= 15 is 0 Å². The first-order valence-electron chi connectivity index (χ1n) is 6.97. The van der Waals surface area contributed by atoms with E-state index in [2.05, 4.69) is 15.5 Å². The van der Waals surface area contributed by atoms with E-state index in [1.807, 2.05) is 6.07 Å². The fourth-order valence-corrected chi connectivity index (χ4v) is 2.11. The molecule has 0 unspecified atom stereocenters. The van der Waals surface area contributed by atoms with Crippen LogP contribution in [0.25, 0.3) is 0 Å². The topological polar surface area (TPSA) is 145 Å². The summed E-state index contributed by atoms with van der Waals surface area (Å²) in [6.07, 6.45) is 3.73. The van der Waals surface area contributed by atoms with Crippen molar-refractivity contribution in [3.05, 3.63) is 57.9 Å². The second kappa shape index (κ2) is 6.28. The van der Waals surface area contributed by atoms with Crippen molar-refractivity contribution in [2.75, 3.05) is 5.32 Å². The molecule has 1 amide bonds. The normalized spacial score (nSPS) is 10.4. The quantitative estimate of drug-likeness (QED) is 0.543. The summed E-state index contributed by atoms with van der Waals surface area (Å²) in [6, 6.07) is 4.96. The van der Waals surface area contributed by atoms with Gasteiger partial charge in [0.05, 0.1) is 17.7 Å². The highest BCUT2D eigenvalue weighted by Gasteiger charge is 2.17. The average molecular weight is 341 g/mol. The number of hydrogen-bond donors (Lipinski definition) is 1. The summed E-state index contributed by atoms with van der Waals surface area (Å²) in [5.74, 6) is 0.140. The summed E-state index contributed by atoms with van der Waals surface area (Å²) in [6.45, 7) is 0.135. The van der Waals surface area contributed by atoms with Crippen molar-refractivity contribution in [1.29, 1.82) is 5.26 Å². The van der Waals surface area contributed by atoms with E-state index in [4.69, 9.17) is 9.68 Å².